The van der Waals surface area contributed by atoms with Crippen LogP contribution >= 0.6 is 11.3 Å². The Bertz CT molecular complexity index is 452. The molecule has 4 nitrogen and oxygen atoms in total. The number of nitrogens with zero attached hydrogens (tertiary/aromatic N) is 2. The van der Waals surface area contributed by atoms with Gasteiger partial charge in [-0.25, -0.2) is 4.98 Å². The van der Waals surface area contributed by atoms with E-state index in [1.54, 1.807) is 11.3 Å². The molecule has 0 atom stereocenters. The molecule has 1 aromatic carbocycles. The van der Waals surface area contributed by atoms with E-state index in [9.17, 15) is 0 Å². The highest BCUT2D eigenvalue weighted by molar-refractivity contribution is 7.13. The van der Waals surface area contributed by atoms with Gasteiger partial charge in [0.15, 0.2) is 5.13 Å². The highest BCUT2D eigenvalue weighted by Crippen LogP contribution is 2.16. The second-order valence-corrected chi connectivity index (χ2v) is 4.83. The molecular formula is C13H18N4S. The van der Waals surface area contributed by atoms with E-state index in [-0.39, 0.29) is 0 Å². The Kier molecular flexibility index (Phi) is 4.41. The smallest absolute Gasteiger partial charge is 0.182 e. The Morgan fingerprint density at radius 1 is 1.33 bits per heavy atom. The zero-order valence-corrected chi connectivity index (χ0v) is 11.3. The minimum atomic E-state index is 0.802. The molecule has 0 spiro atoms. The van der Waals surface area contributed by atoms with Crippen LogP contribution in [0.4, 0.5) is 16.5 Å². The van der Waals surface area contributed by atoms with Gasteiger partial charge >= 0.3 is 0 Å². The van der Waals surface area contributed by atoms with Gasteiger partial charge in [0, 0.05) is 42.6 Å². The Morgan fingerprint density at radius 3 is 2.72 bits per heavy atom. The number of hydrogen-bond donors (Lipinski definition) is 2. The maximum Gasteiger partial charge on any atom is 0.182 e. The summed E-state index contributed by atoms with van der Waals surface area (Å²) in [4.78, 5) is 6.50. The highest BCUT2D eigenvalue weighted by atomic mass is 32.1. The summed E-state index contributed by atoms with van der Waals surface area (Å²) in [5.41, 5.74) is 7.70. The minimum Gasteiger partial charge on any atom is -0.399 e. The first kappa shape index (κ1) is 12.7. The number of rotatable bonds is 6. The molecule has 0 fully saturated rings. The van der Waals surface area contributed by atoms with Gasteiger partial charge in [-0.3, -0.25) is 0 Å². The molecule has 2 rings (SSSR count). The molecule has 0 bridgehead atoms. The summed E-state index contributed by atoms with van der Waals surface area (Å²) < 4.78 is 0. The fourth-order valence-electron chi connectivity index (χ4n) is 1.76. The highest BCUT2D eigenvalue weighted by Gasteiger charge is 2.03. The van der Waals surface area contributed by atoms with Crippen molar-refractivity contribution in [3.05, 3.63) is 35.8 Å². The number of nitrogen functional groups attached to an aromatic ring is 1. The van der Waals surface area contributed by atoms with Crippen LogP contribution < -0.4 is 16.0 Å². The molecule has 0 amide bonds. The summed E-state index contributed by atoms with van der Waals surface area (Å²) >= 11 is 1.62. The van der Waals surface area contributed by atoms with Crippen molar-refractivity contribution >= 4 is 27.8 Å². The van der Waals surface area contributed by atoms with Crippen LogP contribution in [0.15, 0.2) is 35.8 Å². The SMILES string of the molecule is CCN(CCNc1nccs1)c1ccc(N)cc1. The summed E-state index contributed by atoms with van der Waals surface area (Å²) in [5.74, 6) is 0. The molecule has 1 heterocycles. The number of benzene rings is 1. The van der Waals surface area contributed by atoms with Gasteiger partial charge in [-0.1, -0.05) is 0 Å². The van der Waals surface area contributed by atoms with Gasteiger partial charge in [0.05, 0.1) is 0 Å². The zero-order chi connectivity index (χ0) is 12.8. The van der Waals surface area contributed by atoms with Crippen LogP contribution in [-0.2, 0) is 0 Å². The largest absolute Gasteiger partial charge is 0.399 e. The second kappa shape index (κ2) is 6.26. The molecule has 0 saturated heterocycles. The Morgan fingerprint density at radius 2 is 2.11 bits per heavy atom. The summed E-state index contributed by atoms with van der Waals surface area (Å²) in [6.07, 6.45) is 1.81. The first-order valence-corrected chi connectivity index (χ1v) is 6.91. The van der Waals surface area contributed by atoms with E-state index in [2.05, 4.69) is 34.3 Å². The first-order chi connectivity index (χ1) is 8.79. The van der Waals surface area contributed by atoms with Crippen molar-refractivity contribution < 1.29 is 0 Å². The molecule has 5 heteroatoms. The maximum atomic E-state index is 5.69. The number of nitrogens with two attached hydrogens (primary N) is 1. The number of anilines is 3. The van der Waals surface area contributed by atoms with Crippen molar-refractivity contribution in [3.8, 4) is 0 Å². The molecule has 0 aliphatic heterocycles. The number of aromatic nitrogens is 1. The Labute approximate surface area is 111 Å². The predicted molar refractivity (Wildman–Crippen MR) is 79.3 cm³/mol. The maximum absolute atomic E-state index is 5.69. The van der Waals surface area contributed by atoms with Gasteiger partial charge < -0.3 is 16.0 Å². The van der Waals surface area contributed by atoms with Gasteiger partial charge in [-0.05, 0) is 31.2 Å². The van der Waals surface area contributed by atoms with Crippen LogP contribution in [0.5, 0.6) is 0 Å². The van der Waals surface area contributed by atoms with Crippen molar-refractivity contribution in [1.29, 1.82) is 0 Å². The molecule has 96 valence electrons. The first-order valence-electron chi connectivity index (χ1n) is 6.03. The van der Waals surface area contributed by atoms with Crippen LogP contribution in [-0.4, -0.2) is 24.6 Å². The summed E-state index contributed by atoms with van der Waals surface area (Å²) in [7, 11) is 0. The van der Waals surface area contributed by atoms with E-state index in [1.165, 1.54) is 5.69 Å². The van der Waals surface area contributed by atoms with Gasteiger partial charge in [0.25, 0.3) is 0 Å². The van der Waals surface area contributed by atoms with E-state index in [1.807, 2.05) is 23.7 Å². The number of nitrogens with one attached hydrogen (secondary N) is 1. The second-order valence-electron chi connectivity index (χ2n) is 3.94. The van der Waals surface area contributed by atoms with Crippen LogP contribution in [0.2, 0.25) is 0 Å². The average molecular weight is 262 g/mol. The Balaban J connectivity index is 1.87. The van der Waals surface area contributed by atoms with Crippen molar-refractivity contribution in [2.75, 3.05) is 35.6 Å². The van der Waals surface area contributed by atoms with Gasteiger partial charge in [-0.15, -0.1) is 11.3 Å². The number of likely N-dealkylation sites (N-methyl/N-ethyl adjacent to an activating group) is 1. The lowest BCUT2D eigenvalue weighted by Gasteiger charge is -2.23. The molecule has 3 N–H and O–H groups in total. The van der Waals surface area contributed by atoms with Crippen molar-refractivity contribution in [2.45, 2.75) is 6.92 Å². The molecule has 1 aromatic heterocycles. The molecular weight excluding hydrogens is 244 g/mol. The quantitative estimate of drug-likeness (QED) is 0.786. The van der Waals surface area contributed by atoms with Crippen LogP contribution in [0.1, 0.15) is 6.92 Å². The molecule has 2 aromatic rings. The van der Waals surface area contributed by atoms with Crippen LogP contribution in [0.25, 0.3) is 0 Å². The minimum absolute atomic E-state index is 0.802. The number of thiazole rings is 1. The average Bonchev–Trinajstić information content (AvgIpc) is 2.89. The fraction of sp³-hybridized carbons (Fsp3) is 0.308. The molecule has 0 aliphatic carbocycles. The van der Waals surface area contributed by atoms with Gasteiger partial charge in [0.1, 0.15) is 0 Å². The Hall–Kier alpha value is -1.75. The number of hydrogen-bond acceptors (Lipinski definition) is 5. The van der Waals surface area contributed by atoms with Crippen LogP contribution in [0, 0.1) is 0 Å². The van der Waals surface area contributed by atoms with E-state index < -0.39 is 0 Å². The third kappa shape index (κ3) is 3.37. The van der Waals surface area contributed by atoms with Gasteiger partial charge in [-0.2, -0.15) is 0 Å². The van der Waals surface area contributed by atoms with Crippen LogP contribution in [0.3, 0.4) is 0 Å². The third-order valence-electron chi connectivity index (χ3n) is 2.73. The molecule has 18 heavy (non-hydrogen) atoms. The summed E-state index contributed by atoms with van der Waals surface area (Å²) in [6.45, 7) is 4.95. The summed E-state index contributed by atoms with van der Waals surface area (Å²) in [5, 5.41) is 6.26. The topological polar surface area (TPSA) is 54.2 Å². The molecule has 0 saturated carbocycles. The lowest BCUT2D eigenvalue weighted by molar-refractivity contribution is 0.835. The van der Waals surface area contributed by atoms with Crippen molar-refractivity contribution in [3.63, 3.8) is 0 Å². The third-order valence-corrected chi connectivity index (χ3v) is 3.46. The monoisotopic (exact) mass is 262 g/mol. The van der Waals surface area contributed by atoms with E-state index >= 15 is 0 Å². The van der Waals surface area contributed by atoms with E-state index in [0.717, 1.165) is 30.5 Å². The fourth-order valence-corrected chi connectivity index (χ4v) is 2.32. The predicted octanol–water partition coefficient (Wildman–Crippen LogP) is 2.66. The normalized spacial score (nSPS) is 10.3. The zero-order valence-electron chi connectivity index (χ0n) is 10.5. The van der Waals surface area contributed by atoms with E-state index in [4.69, 9.17) is 5.73 Å². The lowest BCUT2D eigenvalue weighted by atomic mass is 10.2. The summed E-state index contributed by atoms with van der Waals surface area (Å²) in [6, 6.07) is 7.99. The lowest BCUT2D eigenvalue weighted by Crippen LogP contribution is -2.28. The molecule has 0 aliphatic rings. The standard InChI is InChI=1S/C13H18N4S/c1-2-17(12-5-3-11(14)4-6-12)9-7-15-13-16-8-10-18-13/h3-6,8,10H,2,7,9,14H2,1H3,(H,15,16). The van der Waals surface area contributed by atoms with Crippen molar-refractivity contribution in [2.24, 2.45) is 0 Å². The molecule has 0 unspecified atom stereocenters. The van der Waals surface area contributed by atoms with Crippen molar-refractivity contribution in [1.82, 2.24) is 4.98 Å². The van der Waals surface area contributed by atoms with Gasteiger partial charge in [0.2, 0.25) is 0 Å². The molecule has 0 radical (unpaired) electrons. The van der Waals surface area contributed by atoms with E-state index in [0.29, 0.717) is 0 Å².